The molecule has 0 aliphatic carbocycles. The quantitative estimate of drug-likeness (QED) is 0.303. The van der Waals surface area contributed by atoms with Crippen molar-refractivity contribution in [3.05, 3.63) is 12.4 Å². The van der Waals surface area contributed by atoms with E-state index >= 15 is 0 Å². The van der Waals surface area contributed by atoms with Gasteiger partial charge in [-0.1, -0.05) is 64.7 Å². The van der Waals surface area contributed by atoms with Crippen molar-refractivity contribution in [2.45, 2.75) is 77.5 Å². The van der Waals surface area contributed by atoms with E-state index in [9.17, 15) is 9.59 Å². The molecule has 1 aliphatic heterocycles. The van der Waals surface area contributed by atoms with Crippen LogP contribution in [0.4, 0.5) is 0 Å². The summed E-state index contributed by atoms with van der Waals surface area (Å²) in [5.41, 5.74) is 0. The lowest BCUT2D eigenvalue weighted by Crippen LogP contribution is -2.42. The van der Waals surface area contributed by atoms with Crippen LogP contribution in [0, 0.1) is 0 Å². The summed E-state index contributed by atoms with van der Waals surface area (Å²) >= 11 is 0. The minimum atomic E-state index is -0.973. The van der Waals surface area contributed by atoms with Crippen LogP contribution in [0.3, 0.4) is 0 Å². The van der Waals surface area contributed by atoms with Gasteiger partial charge >= 0.3 is 11.9 Å². The summed E-state index contributed by atoms with van der Waals surface area (Å²) in [4.78, 5) is 26.5. The number of ether oxygens (including phenoxy) is 2. The second-order valence-corrected chi connectivity index (χ2v) is 6.61. The third-order valence-electron chi connectivity index (χ3n) is 4.46. The molecule has 0 radical (unpaired) electrons. The molecule has 25 heavy (non-hydrogen) atoms. The molecule has 6 nitrogen and oxygen atoms in total. The average Bonchev–Trinajstić information content (AvgIpc) is 2.95. The molecule has 0 aromatic heterocycles. The third-order valence-corrected chi connectivity index (χ3v) is 4.46. The fraction of sp³-hybridized carbons (Fsp3) is 0.789. The minimum Gasteiger partial charge on any atom is -0.461 e. The van der Waals surface area contributed by atoms with E-state index in [1.54, 1.807) is 4.90 Å². The van der Waals surface area contributed by atoms with Crippen molar-refractivity contribution < 1.29 is 19.1 Å². The van der Waals surface area contributed by atoms with Crippen LogP contribution >= 0.6 is 0 Å². The number of esters is 2. The summed E-state index contributed by atoms with van der Waals surface area (Å²) in [5.74, 6) is -1.93. The number of carbonyl (C=O) groups is 2. The Morgan fingerprint density at radius 3 is 2.00 bits per heavy atom. The lowest BCUT2D eigenvalue weighted by molar-refractivity contribution is -0.180. The molecule has 0 aromatic carbocycles. The number of carbonyl (C=O) groups excluding carboxylic acids is 2. The molecule has 6 heteroatoms. The standard InChI is InChI=1S/C19H34N2O4/c1-4-5-6-7-8-9-10-11-12-13-14-21-16-15-20(2)19(21)25-18(23)17(22)24-3/h15-16,19H,4-14H2,1-3H3. The van der Waals surface area contributed by atoms with Crippen molar-refractivity contribution in [1.82, 2.24) is 9.80 Å². The van der Waals surface area contributed by atoms with Crippen LogP contribution in [-0.2, 0) is 19.1 Å². The first kappa shape index (κ1) is 21.3. The summed E-state index contributed by atoms with van der Waals surface area (Å²) in [7, 11) is 2.98. The van der Waals surface area contributed by atoms with Gasteiger partial charge in [-0.05, 0) is 6.42 Å². The topological polar surface area (TPSA) is 59.1 Å². The van der Waals surface area contributed by atoms with Crippen molar-refractivity contribution in [2.75, 3.05) is 20.7 Å². The van der Waals surface area contributed by atoms with E-state index in [4.69, 9.17) is 4.74 Å². The van der Waals surface area contributed by atoms with Crippen LogP contribution < -0.4 is 0 Å². The Hall–Kier alpha value is -1.72. The summed E-state index contributed by atoms with van der Waals surface area (Å²) in [6, 6.07) is 0. The predicted octanol–water partition coefficient (Wildman–Crippen LogP) is 3.63. The maximum Gasteiger partial charge on any atom is 0.420 e. The highest BCUT2D eigenvalue weighted by Gasteiger charge is 2.30. The van der Waals surface area contributed by atoms with Crippen LogP contribution in [0.2, 0.25) is 0 Å². The highest BCUT2D eigenvalue weighted by molar-refractivity contribution is 6.29. The number of rotatable bonds is 12. The van der Waals surface area contributed by atoms with Crippen molar-refractivity contribution in [3.63, 3.8) is 0 Å². The van der Waals surface area contributed by atoms with Crippen LogP contribution in [0.15, 0.2) is 12.4 Å². The average molecular weight is 354 g/mol. The number of nitrogens with zero attached hydrogens (tertiary/aromatic N) is 2. The van der Waals surface area contributed by atoms with Gasteiger partial charge < -0.3 is 19.3 Å². The van der Waals surface area contributed by atoms with Gasteiger partial charge in [-0.15, -0.1) is 0 Å². The van der Waals surface area contributed by atoms with Gasteiger partial charge in [0.25, 0.3) is 6.35 Å². The molecule has 0 saturated carbocycles. The molecule has 1 aliphatic rings. The van der Waals surface area contributed by atoms with Crippen molar-refractivity contribution >= 4 is 11.9 Å². The first-order valence-electron chi connectivity index (χ1n) is 9.55. The highest BCUT2D eigenvalue weighted by atomic mass is 16.6. The number of unbranched alkanes of at least 4 members (excludes halogenated alkanes) is 9. The molecule has 0 aromatic rings. The van der Waals surface area contributed by atoms with E-state index in [1.165, 1.54) is 64.9 Å². The Labute approximate surface area is 152 Å². The summed E-state index contributed by atoms with van der Waals surface area (Å²) < 4.78 is 9.60. The minimum absolute atomic E-state index is 0.565. The summed E-state index contributed by atoms with van der Waals surface area (Å²) in [6.45, 7) is 3.05. The van der Waals surface area contributed by atoms with Gasteiger partial charge in [0.2, 0.25) is 0 Å². The van der Waals surface area contributed by atoms with Crippen LogP contribution in [0.5, 0.6) is 0 Å². The molecule has 0 bridgehead atoms. The molecule has 1 heterocycles. The first-order valence-corrected chi connectivity index (χ1v) is 9.55. The fourth-order valence-electron chi connectivity index (χ4n) is 2.92. The van der Waals surface area contributed by atoms with E-state index < -0.39 is 18.3 Å². The highest BCUT2D eigenvalue weighted by Crippen LogP contribution is 2.17. The van der Waals surface area contributed by atoms with Gasteiger partial charge in [0, 0.05) is 26.0 Å². The monoisotopic (exact) mass is 354 g/mol. The Morgan fingerprint density at radius 2 is 1.44 bits per heavy atom. The molecule has 1 unspecified atom stereocenters. The van der Waals surface area contributed by atoms with Gasteiger partial charge in [0.05, 0.1) is 7.11 Å². The predicted molar refractivity (Wildman–Crippen MR) is 97.3 cm³/mol. The molecule has 1 rings (SSSR count). The molecule has 144 valence electrons. The summed E-state index contributed by atoms with van der Waals surface area (Å²) in [5, 5.41) is 0. The van der Waals surface area contributed by atoms with Gasteiger partial charge in [0.15, 0.2) is 0 Å². The van der Waals surface area contributed by atoms with E-state index in [0.29, 0.717) is 0 Å². The SMILES string of the molecule is CCCCCCCCCCCCN1C=CN(C)C1OC(=O)C(=O)OC. The Kier molecular flexibility index (Phi) is 10.8. The van der Waals surface area contributed by atoms with Gasteiger partial charge in [-0.25, -0.2) is 9.59 Å². The van der Waals surface area contributed by atoms with Gasteiger partial charge in [-0.2, -0.15) is 0 Å². The molecule has 1 atom stereocenters. The second-order valence-electron chi connectivity index (χ2n) is 6.61. The second kappa shape index (κ2) is 12.6. The smallest absolute Gasteiger partial charge is 0.420 e. The normalized spacial score (nSPS) is 16.4. The lowest BCUT2D eigenvalue weighted by Gasteiger charge is -2.29. The molecular weight excluding hydrogens is 320 g/mol. The molecule has 0 saturated heterocycles. The van der Waals surface area contributed by atoms with E-state index in [-0.39, 0.29) is 0 Å². The number of methoxy groups -OCH3 is 1. The zero-order valence-corrected chi connectivity index (χ0v) is 16.0. The van der Waals surface area contributed by atoms with Crippen molar-refractivity contribution in [3.8, 4) is 0 Å². The van der Waals surface area contributed by atoms with Crippen molar-refractivity contribution in [1.29, 1.82) is 0 Å². The zero-order valence-electron chi connectivity index (χ0n) is 16.0. The molecule has 0 amide bonds. The zero-order chi connectivity index (χ0) is 18.5. The number of hydrogen-bond acceptors (Lipinski definition) is 6. The largest absolute Gasteiger partial charge is 0.461 e. The maximum absolute atomic E-state index is 11.6. The Morgan fingerprint density at radius 1 is 0.880 bits per heavy atom. The van der Waals surface area contributed by atoms with Crippen LogP contribution in [0.1, 0.15) is 71.1 Å². The molecular formula is C19H34N2O4. The molecule has 0 N–H and O–H groups in total. The Balaban J connectivity index is 2.13. The van der Waals surface area contributed by atoms with Crippen molar-refractivity contribution in [2.24, 2.45) is 0 Å². The third kappa shape index (κ3) is 8.27. The van der Waals surface area contributed by atoms with Crippen LogP contribution in [-0.4, -0.2) is 48.8 Å². The molecule has 0 spiro atoms. The fourth-order valence-corrected chi connectivity index (χ4v) is 2.92. The van der Waals surface area contributed by atoms with E-state index in [1.807, 2.05) is 24.3 Å². The van der Waals surface area contributed by atoms with Gasteiger partial charge in [0.1, 0.15) is 0 Å². The van der Waals surface area contributed by atoms with E-state index in [2.05, 4.69) is 11.7 Å². The lowest BCUT2D eigenvalue weighted by atomic mass is 10.1. The first-order chi connectivity index (χ1) is 12.1. The van der Waals surface area contributed by atoms with E-state index in [0.717, 1.165) is 13.0 Å². The number of hydrogen-bond donors (Lipinski definition) is 0. The van der Waals surface area contributed by atoms with Crippen LogP contribution in [0.25, 0.3) is 0 Å². The Bertz CT molecular complexity index is 426. The maximum atomic E-state index is 11.6. The van der Waals surface area contributed by atoms with Gasteiger partial charge in [-0.3, -0.25) is 0 Å². The molecule has 0 fully saturated rings. The summed E-state index contributed by atoms with van der Waals surface area (Å²) in [6.07, 6.45) is 16.0.